The van der Waals surface area contributed by atoms with E-state index in [1.807, 2.05) is 45.9 Å². The molecule has 0 bridgehead atoms. The van der Waals surface area contributed by atoms with Crippen LogP contribution in [0.2, 0.25) is 10.0 Å². The normalized spacial score (nSPS) is 13.1. The first-order valence-corrected chi connectivity index (χ1v) is 15.1. The molecular formula is C27H37Cl2N3O4S. The van der Waals surface area contributed by atoms with Gasteiger partial charge < -0.3 is 10.2 Å². The number of hydrogen-bond donors (Lipinski definition) is 1. The van der Waals surface area contributed by atoms with Gasteiger partial charge in [-0.15, -0.1) is 0 Å². The second-order valence-corrected chi connectivity index (χ2v) is 12.0. The second kappa shape index (κ2) is 14.0. The number of carbonyl (C=O) groups excluding carboxylic acids is 2. The first-order chi connectivity index (χ1) is 17.4. The molecule has 2 rings (SSSR count). The van der Waals surface area contributed by atoms with Gasteiger partial charge in [0.05, 0.1) is 11.9 Å². The molecule has 0 saturated carbocycles. The summed E-state index contributed by atoms with van der Waals surface area (Å²) in [6, 6.07) is 11.6. The zero-order valence-electron chi connectivity index (χ0n) is 22.1. The maximum absolute atomic E-state index is 13.5. The molecule has 0 aromatic heterocycles. The highest BCUT2D eigenvalue weighted by Gasteiger charge is 2.30. The topological polar surface area (TPSA) is 86.8 Å². The van der Waals surface area contributed by atoms with Crippen LogP contribution < -0.4 is 9.62 Å². The van der Waals surface area contributed by atoms with Crippen molar-refractivity contribution in [3.8, 4) is 0 Å². The summed E-state index contributed by atoms with van der Waals surface area (Å²) in [7, 11) is -3.61. The van der Waals surface area contributed by atoms with E-state index in [1.54, 1.807) is 29.2 Å². The highest BCUT2D eigenvalue weighted by atomic mass is 35.5. The number of benzene rings is 2. The Hall–Kier alpha value is -2.29. The molecule has 2 amide bonds. The number of rotatable bonds is 13. The third kappa shape index (κ3) is 8.90. The largest absolute Gasteiger partial charge is 0.352 e. The highest BCUT2D eigenvalue weighted by Crippen LogP contribution is 2.27. The Labute approximate surface area is 231 Å². The summed E-state index contributed by atoms with van der Waals surface area (Å²) in [5, 5.41) is 3.91. The van der Waals surface area contributed by atoms with Gasteiger partial charge >= 0.3 is 0 Å². The minimum Gasteiger partial charge on any atom is -0.352 e. The van der Waals surface area contributed by atoms with E-state index in [-0.39, 0.29) is 43.8 Å². The summed E-state index contributed by atoms with van der Waals surface area (Å²) < 4.78 is 26.4. The molecule has 2 aromatic rings. The Kier molecular flexibility index (Phi) is 11.7. The lowest BCUT2D eigenvalue weighted by Gasteiger charge is -2.32. The molecule has 0 heterocycles. The number of anilines is 1. The predicted octanol–water partition coefficient (Wildman–Crippen LogP) is 5.57. The molecular weight excluding hydrogens is 533 g/mol. The van der Waals surface area contributed by atoms with Gasteiger partial charge in [-0.05, 0) is 62.4 Å². The molecule has 7 nitrogen and oxygen atoms in total. The van der Waals surface area contributed by atoms with Crippen molar-refractivity contribution in [3.05, 3.63) is 63.6 Å². The zero-order chi connectivity index (χ0) is 27.8. The first-order valence-electron chi connectivity index (χ1n) is 12.5. The zero-order valence-corrected chi connectivity index (χ0v) is 24.5. The quantitative estimate of drug-likeness (QED) is 0.341. The van der Waals surface area contributed by atoms with Crippen LogP contribution in [-0.4, -0.2) is 50.0 Å². The van der Waals surface area contributed by atoms with E-state index in [0.717, 1.165) is 23.8 Å². The number of aryl methyl sites for hydroxylation is 1. The third-order valence-electron chi connectivity index (χ3n) is 6.28. The van der Waals surface area contributed by atoms with E-state index in [1.165, 1.54) is 4.31 Å². The van der Waals surface area contributed by atoms with E-state index in [0.29, 0.717) is 22.2 Å². The maximum Gasteiger partial charge on any atom is 0.243 e. The van der Waals surface area contributed by atoms with Crippen LogP contribution >= 0.6 is 23.2 Å². The van der Waals surface area contributed by atoms with Crippen molar-refractivity contribution < 1.29 is 18.0 Å². The molecule has 0 spiro atoms. The Bertz CT molecular complexity index is 1190. The van der Waals surface area contributed by atoms with E-state index in [9.17, 15) is 18.0 Å². The Morgan fingerprint density at radius 1 is 1.05 bits per heavy atom. The van der Waals surface area contributed by atoms with Crippen molar-refractivity contribution >= 4 is 50.7 Å². The van der Waals surface area contributed by atoms with Crippen LogP contribution in [0, 0.1) is 6.92 Å². The lowest BCUT2D eigenvalue weighted by atomic mass is 10.1. The van der Waals surface area contributed by atoms with E-state index in [4.69, 9.17) is 23.2 Å². The smallest absolute Gasteiger partial charge is 0.243 e. The minimum absolute atomic E-state index is 0.0249. The molecule has 0 aliphatic rings. The molecule has 0 radical (unpaired) electrons. The number of sulfonamides is 1. The van der Waals surface area contributed by atoms with Crippen molar-refractivity contribution in [3.63, 3.8) is 0 Å². The molecule has 1 N–H and O–H groups in total. The summed E-state index contributed by atoms with van der Waals surface area (Å²) in [5.74, 6) is -0.466. The molecule has 2 atom stereocenters. The van der Waals surface area contributed by atoms with Gasteiger partial charge in [0.2, 0.25) is 21.8 Å². The molecule has 204 valence electrons. The Morgan fingerprint density at radius 2 is 1.73 bits per heavy atom. The summed E-state index contributed by atoms with van der Waals surface area (Å²) in [4.78, 5) is 28.2. The standard InChI is InChI=1S/C27H37Cl2N3O4S/c1-6-20(4)30-27(34)24(7-2)31(18-21-11-8-9-12-23(21)29)26(33)13-10-16-32(37(5,35)36)25-17-22(28)15-14-19(25)3/h8-9,11-12,14-15,17,20,24H,6-7,10,13,16,18H2,1-5H3,(H,30,34)/t20-,24-/m0/s1. The number of amides is 2. The summed E-state index contributed by atoms with van der Waals surface area (Å²) in [6.07, 6.45) is 2.65. The van der Waals surface area contributed by atoms with Crippen LogP contribution in [0.5, 0.6) is 0 Å². The number of halogens is 2. The first kappa shape index (κ1) is 30.9. The second-order valence-electron chi connectivity index (χ2n) is 9.22. The highest BCUT2D eigenvalue weighted by molar-refractivity contribution is 7.92. The summed E-state index contributed by atoms with van der Waals surface area (Å²) >= 11 is 12.5. The monoisotopic (exact) mass is 569 g/mol. The molecule has 0 fully saturated rings. The van der Waals surface area contributed by atoms with Gasteiger partial charge in [-0.2, -0.15) is 0 Å². The maximum atomic E-state index is 13.5. The van der Waals surface area contributed by atoms with Crippen LogP contribution in [0.15, 0.2) is 42.5 Å². The van der Waals surface area contributed by atoms with E-state index < -0.39 is 16.1 Å². The molecule has 37 heavy (non-hydrogen) atoms. The van der Waals surface area contributed by atoms with E-state index >= 15 is 0 Å². The average Bonchev–Trinajstić information content (AvgIpc) is 2.83. The van der Waals surface area contributed by atoms with Crippen LogP contribution in [-0.2, 0) is 26.2 Å². The predicted molar refractivity (Wildman–Crippen MR) is 152 cm³/mol. The van der Waals surface area contributed by atoms with Gasteiger partial charge in [0.15, 0.2) is 0 Å². The van der Waals surface area contributed by atoms with Gasteiger partial charge in [0.1, 0.15) is 6.04 Å². The third-order valence-corrected chi connectivity index (χ3v) is 8.06. The molecule has 0 aliphatic heterocycles. The lowest BCUT2D eigenvalue weighted by molar-refractivity contribution is -0.141. The van der Waals surface area contributed by atoms with Crippen LogP contribution in [0.25, 0.3) is 0 Å². The van der Waals surface area contributed by atoms with Gasteiger partial charge in [-0.1, -0.05) is 61.3 Å². The number of nitrogens with zero attached hydrogens (tertiary/aromatic N) is 2. The van der Waals surface area contributed by atoms with Crippen molar-refractivity contribution in [2.24, 2.45) is 0 Å². The van der Waals surface area contributed by atoms with Crippen molar-refractivity contribution in [1.82, 2.24) is 10.2 Å². The Balaban J connectivity index is 2.27. The van der Waals surface area contributed by atoms with Crippen molar-refractivity contribution in [2.75, 3.05) is 17.1 Å². The van der Waals surface area contributed by atoms with Gasteiger partial charge in [0.25, 0.3) is 0 Å². The fourth-order valence-corrected chi connectivity index (χ4v) is 5.38. The van der Waals surface area contributed by atoms with Gasteiger partial charge in [-0.25, -0.2) is 8.42 Å². The summed E-state index contributed by atoms with van der Waals surface area (Å²) in [5.41, 5.74) is 1.98. The number of nitrogens with one attached hydrogen (secondary N) is 1. The molecule has 0 saturated heterocycles. The number of hydrogen-bond acceptors (Lipinski definition) is 4. The average molecular weight is 571 g/mol. The van der Waals surface area contributed by atoms with Crippen LogP contribution in [0.3, 0.4) is 0 Å². The van der Waals surface area contributed by atoms with Crippen molar-refractivity contribution in [1.29, 1.82) is 0 Å². The summed E-state index contributed by atoms with van der Waals surface area (Å²) in [6.45, 7) is 7.84. The molecule has 0 unspecified atom stereocenters. The van der Waals surface area contributed by atoms with E-state index in [2.05, 4.69) is 5.32 Å². The van der Waals surface area contributed by atoms with Gasteiger partial charge in [-0.3, -0.25) is 13.9 Å². The fraction of sp³-hybridized carbons (Fsp3) is 0.481. The van der Waals surface area contributed by atoms with Crippen LogP contribution in [0.1, 0.15) is 57.6 Å². The SMILES string of the molecule is CC[C@H](C)NC(=O)[C@H](CC)N(Cc1ccccc1Cl)C(=O)CCCN(c1cc(Cl)ccc1C)S(C)(=O)=O. The van der Waals surface area contributed by atoms with Crippen molar-refractivity contribution in [2.45, 2.75) is 72.0 Å². The lowest BCUT2D eigenvalue weighted by Crippen LogP contribution is -2.50. The minimum atomic E-state index is -3.61. The van der Waals surface area contributed by atoms with Gasteiger partial charge in [0, 0.05) is 35.6 Å². The fourth-order valence-electron chi connectivity index (χ4n) is 4.00. The molecule has 10 heteroatoms. The molecule has 0 aliphatic carbocycles. The Morgan fingerprint density at radius 3 is 2.32 bits per heavy atom. The van der Waals surface area contributed by atoms with Crippen LogP contribution in [0.4, 0.5) is 5.69 Å². The number of carbonyl (C=O) groups is 2. The molecule has 2 aromatic carbocycles.